The molecule has 0 bridgehead atoms. The van der Waals surface area contributed by atoms with Gasteiger partial charge in [0.25, 0.3) is 0 Å². The van der Waals surface area contributed by atoms with Crippen LogP contribution in [0.3, 0.4) is 0 Å². The van der Waals surface area contributed by atoms with Crippen molar-refractivity contribution in [2.24, 2.45) is 5.92 Å². The molecule has 43 heavy (non-hydrogen) atoms. The molecule has 1 aliphatic rings. The Kier molecular flexibility index (Phi) is 9.75. The normalized spacial score (nSPS) is 14.7. The van der Waals surface area contributed by atoms with Crippen LogP contribution in [-0.2, 0) is 24.1 Å². The van der Waals surface area contributed by atoms with Gasteiger partial charge in [-0.3, -0.25) is 9.36 Å². The quantitative estimate of drug-likeness (QED) is 0.180. The molecule has 0 saturated heterocycles. The molecule has 0 aliphatic heterocycles. The van der Waals surface area contributed by atoms with Crippen molar-refractivity contribution in [3.05, 3.63) is 89.0 Å². The van der Waals surface area contributed by atoms with Crippen molar-refractivity contribution in [2.45, 2.75) is 63.8 Å². The number of nitrogens with one attached hydrogen (secondary N) is 3. The van der Waals surface area contributed by atoms with Crippen LogP contribution >= 0.6 is 11.6 Å². The smallest absolute Gasteiger partial charge is 0.350 e. The van der Waals surface area contributed by atoms with E-state index in [0.717, 1.165) is 43.4 Å². The third-order valence-electron chi connectivity index (χ3n) is 7.36. The molecule has 226 valence electrons. The molecular weight excluding hydrogens is 581 g/mol. The Bertz CT molecular complexity index is 1490. The minimum Gasteiger partial charge on any atom is -0.350 e. The van der Waals surface area contributed by atoms with Crippen molar-refractivity contribution < 1.29 is 18.0 Å². The van der Waals surface area contributed by atoms with Crippen LogP contribution in [0.5, 0.6) is 0 Å². The number of benzene rings is 2. The topological polar surface area (TPSA) is 110 Å². The second-order valence-corrected chi connectivity index (χ2v) is 11.0. The fraction of sp³-hybridized carbons (Fsp3) is 0.367. The highest BCUT2D eigenvalue weighted by Gasteiger charge is 2.30. The molecule has 2 aromatic heterocycles. The molecule has 3 N–H and O–H groups in total. The van der Waals surface area contributed by atoms with Crippen LogP contribution in [0.4, 0.5) is 25.1 Å². The monoisotopic (exact) mass is 612 g/mol. The number of imidazole rings is 1. The van der Waals surface area contributed by atoms with Crippen LogP contribution in [-0.4, -0.2) is 36.5 Å². The number of hydrogen-bond donors (Lipinski definition) is 3. The van der Waals surface area contributed by atoms with Gasteiger partial charge in [0.1, 0.15) is 12.4 Å². The van der Waals surface area contributed by atoms with E-state index in [2.05, 4.69) is 35.9 Å². The summed E-state index contributed by atoms with van der Waals surface area (Å²) in [4.78, 5) is 31.2. The van der Waals surface area contributed by atoms with Gasteiger partial charge in [-0.1, -0.05) is 68.0 Å². The van der Waals surface area contributed by atoms with Gasteiger partial charge in [0.05, 0.1) is 5.56 Å². The zero-order valence-electron chi connectivity index (χ0n) is 23.3. The number of halogens is 4. The first kappa shape index (κ1) is 30.3. The number of nitrogens with zero attached hydrogens (tertiary/aromatic N) is 5. The SMILES string of the molecule is O=C(NCc1ccc(C(F)(F)F)cc1)C(CC1CCCCC1)Nc1nc(NCc2cccc(Cl)c2)nc(-n2ccnc2)n1. The van der Waals surface area contributed by atoms with Gasteiger partial charge >= 0.3 is 6.18 Å². The molecular formula is C30H32ClF3N8O. The van der Waals surface area contributed by atoms with E-state index in [0.29, 0.717) is 41.4 Å². The van der Waals surface area contributed by atoms with Gasteiger partial charge in [-0.2, -0.15) is 28.1 Å². The number of rotatable bonds is 11. The molecule has 1 unspecified atom stereocenters. The lowest BCUT2D eigenvalue weighted by Gasteiger charge is -2.27. The molecule has 2 aromatic carbocycles. The van der Waals surface area contributed by atoms with Crippen LogP contribution < -0.4 is 16.0 Å². The number of aromatic nitrogens is 5. The molecule has 1 fully saturated rings. The fourth-order valence-electron chi connectivity index (χ4n) is 5.10. The number of amides is 1. The second kappa shape index (κ2) is 13.9. The molecule has 4 aromatic rings. The van der Waals surface area contributed by atoms with E-state index in [1.807, 2.05) is 18.2 Å². The molecule has 13 heteroatoms. The van der Waals surface area contributed by atoms with Crippen LogP contribution in [0.25, 0.3) is 5.95 Å². The molecule has 1 amide bonds. The third-order valence-corrected chi connectivity index (χ3v) is 7.60. The summed E-state index contributed by atoms with van der Waals surface area (Å²) in [6.45, 7) is 0.496. The minimum absolute atomic E-state index is 0.0871. The lowest BCUT2D eigenvalue weighted by molar-refractivity contribution is -0.137. The Morgan fingerprint density at radius 1 is 0.977 bits per heavy atom. The average molecular weight is 613 g/mol. The van der Waals surface area contributed by atoms with E-state index in [1.165, 1.54) is 18.6 Å². The Balaban J connectivity index is 1.34. The summed E-state index contributed by atoms with van der Waals surface area (Å²) < 4.78 is 40.5. The predicted octanol–water partition coefficient (Wildman–Crippen LogP) is 6.41. The number of hydrogen-bond acceptors (Lipinski definition) is 7. The Hall–Kier alpha value is -4.19. The van der Waals surface area contributed by atoms with Crippen molar-refractivity contribution in [2.75, 3.05) is 10.6 Å². The predicted molar refractivity (Wildman–Crippen MR) is 158 cm³/mol. The van der Waals surface area contributed by atoms with Crippen molar-refractivity contribution >= 4 is 29.4 Å². The zero-order valence-corrected chi connectivity index (χ0v) is 24.1. The fourth-order valence-corrected chi connectivity index (χ4v) is 5.31. The van der Waals surface area contributed by atoms with E-state index in [1.54, 1.807) is 29.4 Å². The number of carbonyl (C=O) groups is 1. The Labute approximate surface area is 252 Å². The summed E-state index contributed by atoms with van der Waals surface area (Å²) in [6.07, 6.45) is 6.47. The van der Waals surface area contributed by atoms with E-state index < -0.39 is 17.8 Å². The lowest BCUT2D eigenvalue weighted by atomic mass is 9.84. The van der Waals surface area contributed by atoms with E-state index >= 15 is 0 Å². The van der Waals surface area contributed by atoms with Gasteiger partial charge in [0.15, 0.2) is 0 Å². The van der Waals surface area contributed by atoms with Gasteiger partial charge in [0.2, 0.25) is 23.8 Å². The van der Waals surface area contributed by atoms with Crippen molar-refractivity contribution in [3.8, 4) is 5.95 Å². The summed E-state index contributed by atoms with van der Waals surface area (Å²) in [5.41, 5.74) is 0.764. The maximum Gasteiger partial charge on any atom is 0.416 e. The Morgan fingerprint density at radius 3 is 2.44 bits per heavy atom. The highest BCUT2D eigenvalue weighted by atomic mass is 35.5. The standard InChI is InChI=1S/C30H32ClF3N8O/c31-24-8-4-7-22(15-24)18-37-27-39-28(41-29(40-27)42-14-13-35-19-42)38-25(16-20-5-2-1-3-6-20)26(43)36-17-21-9-11-23(12-10-21)30(32,33)34/h4,7-15,19-20,25H,1-3,5-6,16-18H2,(H,36,43)(H2,37,38,39,40,41). The highest BCUT2D eigenvalue weighted by molar-refractivity contribution is 6.30. The molecule has 2 heterocycles. The summed E-state index contributed by atoms with van der Waals surface area (Å²) >= 11 is 6.13. The van der Waals surface area contributed by atoms with E-state index in [4.69, 9.17) is 11.6 Å². The van der Waals surface area contributed by atoms with Crippen LogP contribution in [0, 0.1) is 5.92 Å². The highest BCUT2D eigenvalue weighted by Crippen LogP contribution is 2.30. The molecule has 1 atom stereocenters. The second-order valence-electron chi connectivity index (χ2n) is 10.6. The molecule has 1 saturated carbocycles. The number of alkyl halides is 3. The maximum absolute atomic E-state index is 13.5. The van der Waals surface area contributed by atoms with Gasteiger partial charge in [-0.05, 0) is 47.7 Å². The summed E-state index contributed by atoms with van der Waals surface area (Å²) in [7, 11) is 0. The maximum atomic E-state index is 13.5. The lowest BCUT2D eigenvalue weighted by Crippen LogP contribution is -2.41. The van der Waals surface area contributed by atoms with Crippen LogP contribution in [0.15, 0.2) is 67.3 Å². The van der Waals surface area contributed by atoms with Gasteiger partial charge in [-0.25, -0.2) is 4.98 Å². The summed E-state index contributed by atoms with van der Waals surface area (Å²) in [5, 5.41) is 9.92. The summed E-state index contributed by atoms with van der Waals surface area (Å²) in [5.74, 6) is 0.868. The average Bonchev–Trinajstić information content (AvgIpc) is 3.54. The van der Waals surface area contributed by atoms with Gasteiger partial charge in [-0.15, -0.1) is 0 Å². The molecule has 5 rings (SSSR count). The Morgan fingerprint density at radius 2 is 1.74 bits per heavy atom. The van der Waals surface area contributed by atoms with Crippen LogP contribution in [0.2, 0.25) is 5.02 Å². The molecule has 0 radical (unpaired) electrons. The van der Waals surface area contributed by atoms with Crippen molar-refractivity contribution in [1.29, 1.82) is 0 Å². The molecule has 1 aliphatic carbocycles. The van der Waals surface area contributed by atoms with Crippen LogP contribution in [0.1, 0.15) is 55.2 Å². The number of anilines is 2. The summed E-state index contributed by atoms with van der Waals surface area (Å²) in [6, 6.07) is 11.5. The molecule has 9 nitrogen and oxygen atoms in total. The van der Waals surface area contributed by atoms with E-state index in [9.17, 15) is 18.0 Å². The van der Waals surface area contributed by atoms with Gasteiger partial charge < -0.3 is 16.0 Å². The van der Waals surface area contributed by atoms with Crippen molar-refractivity contribution in [1.82, 2.24) is 29.8 Å². The number of carbonyl (C=O) groups excluding carboxylic acids is 1. The minimum atomic E-state index is -4.42. The first-order valence-corrected chi connectivity index (χ1v) is 14.5. The van der Waals surface area contributed by atoms with Crippen molar-refractivity contribution in [3.63, 3.8) is 0 Å². The largest absolute Gasteiger partial charge is 0.416 e. The van der Waals surface area contributed by atoms with E-state index in [-0.39, 0.29) is 18.4 Å². The molecule has 0 spiro atoms. The first-order valence-electron chi connectivity index (χ1n) is 14.2. The van der Waals surface area contributed by atoms with Gasteiger partial charge in [0, 0.05) is 30.5 Å². The third kappa shape index (κ3) is 8.66. The zero-order chi connectivity index (χ0) is 30.2. The first-order chi connectivity index (χ1) is 20.7.